The second-order valence-electron chi connectivity index (χ2n) is 6.15. The van der Waals surface area contributed by atoms with Crippen molar-refractivity contribution in [2.24, 2.45) is 0 Å². The Morgan fingerprint density at radius 2 is 1.88 bits per heavy atom. The van der Waals surface area contributed by atoms with Crippen LogP contribution in [0.2, 0.25) is 0 Å². The lowest BCUT2D eigenvalue weighted by atomic mass is 10.2. The van der Waals surface area contributed by atoms with Crippen LogP contribution in [0.25, 0.3) is 6.08 Å². The molecule has 0 atom stereocenters. The molecule has 136 valence electrons. The van der Waals surface area contributed by atoms with Crippen molar-refractivity contribution < 1.29 is 9.53 Å². The molecule has 1 aliphatic heterocycles. The highest BCUT2D eigenvalue weighted by Gasteiger charge is 2.15. The van der Waals surface area contributed by atoms with Gasteiger partial charge in [0.15, 0.2) is 0 Å². The van der Waals surface area contributed by atoms with Crippen molar-refractivity contribution in [3.8, 4) is 5.75 Å². The fourth-order valence-electron chi connectivity index (χ4n) is 2.68. The number of aromatic nitrogens is 2. The summed E-state index contributed by atoms with van der Waals surface area (Å²) in [6.45, 7) is 3.82. The van der Waals surface area contributed by atoms with Crippen LogP contribution >= 0.6 is 0 Å². The fraction of sp³-hybridized carbons (Fsp3) is 0.316. The number of methoxy groups -OCH3 is 1. The number of rotatable bonds is 5. The number of hydrogen-bond donors (Lipinski definition) is 1. The molecule has 1 N–H and O–H groups in total. The van der Waals surface area contributed by atoms with Gasteiger partial charge in [-0.15, -0.1) is 0 Å². The van der Waals surface area contributed by atoms with Gasteiger partial charge in [-0.25, -0.2) is 9.97 Å². The van der Waals surface area contributed by atoms with E-state index in [1.807, 2.05) is 30.3 Å². The van der Waals surface area contributed by atoms with Crippen LogP contribution in [0.3, 0.4) is 0 Å². The van der Waals surface area contributed by atoms with Gasteiger partial charge in [-0.2, -0.15) is 0 Å². The van der Waals surface area contributed by atoms with E-state index in [1.54, 1.807) is 13.2 Å². The van der Waals surface area contributed by atoms with E-state index in [9.17, 15) is 4.79 Å². The smallest absolute Gasteiger partial charge is 0.249 e. The number of anilines is 2. The van der Waals surface area contributed by atoms with Crippen molar-refractivity contribution in [2.75, 3.05) is 50.6 Å². The third-order valence-electron chi connectivity index (χ3n) is 4.27. The highest BCUT2D eigenvalue weighted by molar-refractivity contribution is 6.01. The molecular weight excluding hydrogens is 330 g/mol. The minimum atomic E-state index is -0.233. The molecule has 1 aliphatic rings. The molecule has 1 saturated heterocycles. The number of benzene rings is 1. The molecule has 2 aromatic rings. The van der Waals surface area contributed by atoms with Gasteiger partial charge >= 0.3 is 0 Å². The molecule has 0 radical (unpaired) electrons. The zero-order valence-electron chi connectivity index (χ0n) is 15.1. The average molecular weight is 353 g/mol. The fourth-order valence-corrected chi connectivity index (χ4v) is 2.68. The van der Waals surface area contributed by atoms with Crippen LogP contribution in [-0.4, -0.2) is 61.1 Å². The number of carbonyl (C=O) groups is 1. The molecule has 0 spiro atoms. The molecule has 0 unspecified atom stereocenters. The topological polar surface area (TPSA) is 70.6 Å². The summed E-state index contributed by atoms with van der Waals surface area (Å²) in [7, 11) is 3.73. The lowest BCUT2D eigenvalue weighted by Crippen LogP contribution is -2.44. The standard InChI is InChI=1S/C19H23N5O2/c1-23-9-11-24(12-10-23)18-13-17(20-14-21-18)22-19(25)8-5-15-3-6-16(26-2)7-4-15/h3-8,13-14H,9-12H2,1-2H3,(H,20,21,22,25)/b8-5+. The third-order valence-corrected chi connectivity index (χ3v) is 4.27. The van der Waals surface area contributed by atoms with E-state index in [2.05, 4.69) is 32.1 Å². The predicted octanol–water partition coefficient (Wildman–Crippen LogP) is 1.89. The molecule has 2 heterocycles. The van der Waals surface area contributed by atoms with Crippen molar-refractivity contribution in [1.82, 2.24) is 14.9 Å². The first-order valence-corrected chi connectivity index (χ1v) is 8.53. The largest absolute Gasteiger partial charge is 0.497 e. The lowest BCUT2D eigenvalue weighted by Gasteiger charge is -2.33. The second kappa shape index (κ2) is 8.44. The Labute approximate surface area is 153 Å². The first kappa shape index (κ1) is 17.9. The number of ether oxygens (including phenoxy) is 1. The second-order valence-corrected chi connectivity index (χ2v) is 6.15. The Hall–Kier alpha value is -2.93. The van der Waals surface area contributed by atoms with Crippen molar-refractivity contribution in [2.45, 2.75) is 0 Å². The van der Waals surface area contributed by atoms with Crippen molar-refractivity contribution in [3.05, 3.63) is 48.3 Å². The monoisotopic (exact) mass is 353 g/mol. The predicted molar refractivity (Wildman–Crippen MR) is 102 cm³/mol. The highest BCUT2D eigenvalue weighted by Crippen LogP contribution is 2.16. The first-order valence-electron chi connectivity index (χ1n) is 8.53. The van der Waals surface area contributed by atoms with Crippen LogP contribution in [-0.2, 0) is 4.79 Å². The molecule has 1 amide bonds. The molecule has 0 bridgehead atoms. The van der Waals surface area contributed by atoms with Crippen molar-refractivity contribution in [1.29, 1.82) is 0 Å². The Balaban J connectivity index is 1.60. The molecule has 1 aromatic heterocycles. The number of nitrogens with one attached hydrogen (secondary N) is 1. The Morgan fingerprint density at radius 1 is 1.15 bits per heavy atom. The Bertz CT molecular complexity index is 768. The number of nitrogens with zero attached hydrogens (tertiary/aromatic N) is 4. The molecular formula is C19H23N5O2. The normalized spacial score (nSPS) is 15.2. The van der Waals surface area contributed by atoms with E-state index in [0.29, 0.717) is 5.82 Å². The van der Waals surface area contributed by atoms with Crippen LogP contribution in [0.1, 0.15) is 5.56 Å². The average Bonchev–Trinajstić information content (AvgIpc) is 2.67. The summed E-state index contributed by atoms with van der Waals surface area (Å²) in [6.07, 6.45) is 4.72. The van der Waals surface area contributed by atoms with E-state index in [4.69, 9.17) is 4.74 Å². The van der Waals surface area contributed by atoms with E-state index in [-0.39, 0.29) is 5.91 Å². The maximum Gasteiger partial charge on any atom is 0.249 e. The zero-order valence-corrected chi connectivity index (χ0v) is 15.1. The number of carbonyl (C=O) groups excluding carboxylic acids is 1. The molecule has 3 rings (SSSR count). The van der Waals surface area contributed by atoms with Gasteiger partial charge in [0.25, 0.3) is 0 Å². The molecule has 26 heavy (non-hydrogen) atoms. The number of hydrogen-bond acceptors (Lipinski definition) is 6. The van der Waals surface area contributed by atoms with Crippen LogP contribution in [0.5, 0.6) is 5.75 Å². The SMILES string of the molecule is COc1ccc(/C=C/C(=O)Nc2cc(N3CCN(C)CC3)ncn2)cc1. The molecule has 7 heteroatoms. The molecule has 0 saturated carbocycles. The highest BCUT2D eigenvalue weighted by atomic mass is 16.5. The summed E-state index contributed by atoms with van der Waals surface area (Å²) in [6, 6.07) is 9.29. The maximum atomic E-state index is 12.1. The minimum absolute atomic E-state index is 0.233. The number of piperazine rings is 1. The minimum Gasteiger partial charge on any atom is -0.497 e. The van der Waals surface area contributed by atoms with E-state index >= 15 is 0 Å². The Kier molecular flexibility index (Phi) is 5.80. The van der Waals surface area contributed by atoms with Gasteiger partial charge in [-0.05, 0) is 30.8 Å². The molecule has 1 aromatic carbocycles. The van der Waals surface area contributed by atoms with Crippen LogP contribution in [0.4, 0.5) is 11.6 Å². The van der Waals surface area contributed by atoms with Gasteiger partial charge in [0, 0.05) is 38.3 Å². The van der Waals surface area contributed by atoms with E-state index in [0.717, 1.165) is 43.3 Å². The van der Waals surface area contributed by atoms with Gasteiger partial charge in [0.2, 0.25) is 5.91 Å². The zero-order chi connectivity index (χ0) is 18.4. The van der Waals surface area contributed by atoms with Crippen LogP contribution < -0.4 is 15.0 Å². The summed E-state index contributed by atoms with van der Waals surface area (Å²) in [4.78, 5) is 25.1. The number of amides is 1. The van der Waals surface area contributed by atoms with Crippen LogP contribution in [0.15, 0.2) is 42.7 Å². The molecule has 0 aliphatic carbocycles. The lowest BCUT2D eigenvalue weighted by molar-refractivity contribution is -0.111. The maximum absolute atomic E-state index is 12.1. The van der Waals surface area contributed by atoms with Gasteiger partial charge < -0.3 is 19.9 Å². The van der Waals surface area contributed by atoms with Crippen LogP contribution in [0, 0.1) is 0 Å². The van der Waals surface area contributed by atoms with Crippen molar-refractivity contribution >= 4 is 23.6 Å². The Morgan fingerprint density at radius 3 is 2.58 bits per heavy atom. The quantitative estimate of drug-likeness (QED) is 0.828. The van der Waals surface area contributed by atoms with Gasteiger partial charge in [0.05, 0.1) is 7.11 Å². The summed E-state index contributed by atoms with van der Waals surface area (Å²) in [5.74, 6) is 1.88. The molecule has 7 nitrogen and oxygen atoms in total. The van der Waals surface area contributed by atoms with E-state index < -0.39 is 0 Å². The summed E-state index contributed by atoms with van der Waals surface area (Å²) >= 11 is 0. The van der Waals surface area contributed by atoms with Crippen molar-refractivity contribution in [3.63, 3.8) is 0 Å². The summed E-state index contributed by atoms with van der Waals surface area (Å²) in [5, 5.41) is 2.78. The van der Waals surface area contributed by atoms with Gasteiger partial charge in [-0.1, -0.05) is 12.1 Å². The summed E-state index contributed by atoms with van der Waals surface area (Å²) in [5.41, 5.74) is 0.918. The van der Waals surface area contributed by atoms with Gasteiger partial charge in [-0.3, -0.25) is 4.79 Å². The van der Waals surface area contributed by atoms with Gasteiger partial charge in [0.1, 0.15) is 23.7 Å². The third kappa shape index (κ3) is 4.80. The first-order chi connectivity index (χ1) is 12.6. The van der Waals surface area contributed by atoms with E-state index in [1.165, 1.54) is 12.4 Å². The number of likely N-dealkylation sites (N-methyl/N-ethyl adjacent to an activating group) is 1. The summed E-state index contributed by atoms with van der Waals surface area (Å²) < 4.78 is 5.12. The molecule has 1 fully saturated rings.